The number of amides is 1. The van der Waals surface area contributed by atoms with Crippen LogP contribution in [0.15, 0.2) is 47.4 Å². The number of aryl methyl sites for hydroxylation is 1. The Morgan fingerprint density at radius 2 is 1.93 bits per heavy atom. The van der Waals surface area contributed by atoms with Crippen molar-refractivity contribution in [2.24, 2.45) is 5.92 Å². The number of rotatable bonds is 5. The van der Waals surface area contributed by atoms with E-state index in [1.165, 1.54) is 16.4 Å². The van der Waals surface area contributed by atoms with E-state index in [-0.39, 0.29) is 17.3 Å². The molecule has 0 aromatic heterocycles. The third-order valence-corrected chi connectivity index (χ3v) is 6.95. The Kier molecular flexibility index (Phi) is 6.27. The van der Waals surface area contributed by atoms with Gasteiger partial charge in [-0.3, -0.25) is 4.79 Å². The predicted octanol–water partition coefficient (Wildman–Crippen LogP) is 3.70. The first kappa shape index (κ1) is 20.6. The van der Waals surface area contributed by atoms with E-state index in [2.05, 4.69) is 5.32 Å². The lowest BCUT2D eigenvalue weighted by Crippen LogP contribution is -2.43. The van der Waals surface area contributed by atoms with Crippen molar-refractivity contribution in [3.63, 3.8) is 0 Å². The largest absolute Gasteiger partial charge is 0.495 e. The Balaban J connectivity index is 1.75. The molecule has 0 bridgehead atoms. The van der Waals surface area contributed by atoms with Crippen molar-refractivity contribution in [1.82, 2.24) is 4.31 Å². The van der Waals surface area contributed by atoms with Crippen LogP contribution in [0.4, 0.5) is 5.69 Å². The Hall–Kier alpha value is -2.09. The second-order valence-corrected chi connectivity index (χ2v) is 9.22. The van der Waals surface area contributed by atoms with E-state index in [4.69, 9.17) is 16.3 Å². The highest BCUT2D eigenvalue weighted by atomic mass is 35.5. The molecule has 6 nitrogen and oxygen atoms in total. The monoisotopic (exact) mass is 422 g/mol. The van der Waals surface area contributed by atoms with Gasteiger partial charge < -0.3 is 10.1 Å². The molecule has 0 unspecified atom stereocenters. The molecule has 1 heterocycles. The van der Waals surface area contributed by atoms with E-state index in [9.17, 15) is 13.2 Å². The van der Waals surface area contributed by atoms with Gasteiger partial charge in [0, 0.05) is 18.1 Å². The van der Waals surface area contributed by atoms with Gasteiger partial charge in [-0.1, -0.05) is 17.7 Å². The zero-order valence-electron chi connectivity index (χ0n) is 15.8. The molecule has 0 spiro atoms. The smallest absolute Gasteiger partial charge is 0.243 e. The topological polar surface area (TPSA) is 75.7 Å². The number of hydrogen-bond acceptors (Lipinski definition) is 4. The molecule has 0 aliphatic carbocycles. The number of methoxy groups -OCH3 is 1. The second kappa shape index (κ2) is 8.51. The summed E-state index contributed by atoms with van der Waals surface area (Å²) >= 11 is 5.85. The average Bonchev–Trinajstić information content (AvgIpc) is 2.68. The fraction of sp³-hybridized carbons (Fsp3) is 0.350. The van der Waals surface area contributed by atoms with Crippen LogP contribution in [-0.2, 0) is 14.8 Å². The summed E-state index contributed by atoms with van der Waals surface area (Å²) in [5.41, 5.74) is 1.58. The number of halogens is 1. The molecule has 8 heteroatoms. The molecular weight excluding hydrogens is 400 g/mol. The molecule has 2 aromatic carbocycles. The minimum absolute atomic E-state index is 0.144. The summed E-state index contributed by atoms with van der Waals surface area (Å²) in [6.45, 7) is 2.46. The molecule has 3 rings (SSSR count). The molecule has 1 fully saturated rings. The summed E-state index contributed by atoms with van der Waals surface area (Å²) in [5, 5.41) is 3.36. The number of nitrogens with zero attached hydrogens (tertiary/aromatic N) is 1. The Morgan fingerprint density at radius 3 is 2.61 bits per heavy atom. The molecule has 1 aliphatic rings. The standard InChI is InChI=1S/C20H23ClN2O4S/c1-14-5-10-19(27-2)18(12-14)22-20(24)15-4-3-11-23(13-15)28(25,26)17-8-6-16(21)7-9-17/h5-10,12,15H,3-4,11,13H2,1-2H3,(H,22,24)/t15-/m1/s1. The molecule has 28 heavy (non-hydrogen) atoms. The van der Waals surface area contributed by atoms with Crippen LogP contribution in [0.2, 0.25) is 5.02 Å². The van der Waals surface area contributed by atoms with Gasteiger partial charge in [-0.15, -0.1) is 0 Å². The number of carbonyl (C=O) groups is 1. The van der Waals surface area contributed by atoms with Gasteiger partial charge in [0.25, 0.3) is 0 Å². The van der Waals surface area contributed by atoms with Crippen molar-refractivity contribution in [1.29, 1.82) is 0 Å². The molecule has 1 atom stereocenters. The van der Waals surface area contributed by atoms with Crippen LogP contribution in [0.25, 0.3) is 0 Å². The summed E-state index contributed by atoms with van der Waals surface area (Å²) in [6.07, 6.45) is 1.25. The first-order valence-corrected chi connectivity index (χ1v) is 10.8. The van der Waals surface area contributed by atoms with Crippen molar-refractivity contribution in [3.05, 3.63) is 53.1 Å². The number of nitrogens with one attached hydrogen (secondary N) is 1. The molecular formula is C20H23ClN2O4S. The zero-order valence-corrected chi connectivity index (χ0v) is 17.4. The Labute approximate surface area is 170 Å². The minimum atomic E-state index is -3.67. The molecule has 1 N–H and O–H groups in total. The van der Waals surface area contributed by atoms with E-state index in [1.807, 2.05) is 19.1 Å². The van der Waals surface area contributed by atoms with Crippen LogP contribution in [0.5, 0.6) is 5.75 Å². The first-order valence-electron chi connectivity index (χ1n) is 9.02. The highest BCUT2D eigenvalue weighted by Gasteiger charge is 2.33. The number of hydrogen-bond donors (Lipinski definition) is 1. The number of anilines is 1. The Morgan fingerprint density at radius 1 is 1.21 bits per heavy atom. The average molecular weight is 423 g/mol. The Bertz CT molecular complexity index is 961. The number of ether oxygens (including phenoxy) is 1. The fourth-order valence-corrected chi connectivity index (χ4v) is 4.93. The van der Waals surface area contributed by atoms with E-state index >= 15 is 0 Å². The first-order chi connectivity index (χ1) is 13.3. The number of sulfonamides is 1. The molecule has 2 aromatic rings. The number of benzene rings is 2. The van der Waals surface area contributed by atoms with Crippen LogP contribution in [0, 0.1) is 12.8 Å². The molecule has 1 saturated heterocycles. The summed E-state index contributed by atoms with van der Waals surface area (Å²) in [7, 11) is -2.12. The summed E-state index contributed by atoms with van der Waals surface area (Å²) in [5.74, 6) is -0.0682. The molecule has 1 amide bonds. The summed E-state index contributed by atoms with van der Waals surface area (Å²) in [6, 6.07) is 11.6. The molecule has 150 valence electrons. The van der Waals surface area contributed by atoms with Crippen molar-refractivity contribution in [3.8, 4) is 5.75 Å². The fourth-order valence-electron chi connectivity index (χ4n) is 3.28. The van der Waals surface area contributed by atoms with Crippen molar-refractivity contribution in [2.75, 3.05) is 25.5 Å². The highest BCUT2D eigenvalue weighted by molar-refractivity contribution is 7.89. The van der Waals surface area contributed by atoms with Gasteiger partial charge in [-0.05, 0) is 61.7 Å². The molecule has 0 radical (unpaired) electrons. The minimum Gasteiger partial charge on any atom is -0.495 e. The number of carbonyl (C=O) groups excluding carboxylic acids is 1. The third kappa shape index (κ3) is 4.48. The predicted molar refractivity (Wildman–Crippen MR) is 109 cm³/mol. The van der Waals surface area contributed by atoms with Gasteiger partial charge in [-0.25, -0.2) is 8.42 Å². The molecule has 0 saturated carbocycles. The van der Waals surface area contributed by atoms with E-state index in [1.54, 1.807) is 25.3 Å². The second-order valence-electron chi connectivity index (χ2n) is 6.85. The van der Waals surface area contributed by atoms with E-state index in [0.29, 0.717) is 35.8 Å². The molecule has 1 aliphatic heterocycles. The summed E-state index contributed by atoms with van der Waals surface area (Å²) in [4.78, 5) is 13.0. The van der Waals surface area contributed by atoms with Gasteiger partial charge in [-0.2, -0.15) is 4.31 Å². The van der Waals surface area contributed by atoms with Gasteiger partial charge in [0.15, 0.2) is 0 Å². The van der Waals surface area contributed by atoms with Gasteiger partial charge in [0.1, 0.15) is 5.75 Å². The number of piperidine rings is 1. The van der Waals surface area contributed by atoms with Crippen LogP contribution in [0.3, 0.4) is 0 Å². The van der Waals surface area contributed by atoms with Crippen LogP contribution in [-0.4, -0.2) is 38.8 Å². The van der Waals surface area contributed by atoms with Crippen molar-refractivity contribution >= 4 is 33.2 Å². The van der Waals surface area contributed by atoms with Crippen molar-refractivity contribution in [2.45, 2.75) is 24.7 Å². The lowest BCUT2D eigenvalue weighted by atomic mass is 9.98. The lowest BCUT2D eigenvalue weighted by molar-refractivity contribution is -0.120. The third-order valence-electron chi connectivity index (χ3n) is 4.82. The van der Waals surface area contributed by atoms with E-state index in [0.717, 1.165) is 5.56 Å². The van der Waals surface area contributed by atoms with Crippen LogP contribution in [0.1, 0.15) is 18.4 Å². The van der Waals surface area contributed by atoms with E-state index < -0.39 is 15.9 Å². The normalized spacial score (nSPS) is 17.9. The quantitative estimate of drug-likeness (QED) is 0.797. The van der Waals surface area contributed by atoms with Gasteiger partial charge in [0.2, 0.25) is 15.9 Å². The van der Waals surface area contributed by atoms with Crippen molar-refractivity contribution < 1.29 is 17.9 Å². The lowest BCUT2D eigenvalue weighted by Gasteiger charge is -2.31. The SMILES string of the molecule is COc1ccc(C)cc1NC(=O)[C@@H]1CCCN(S(=O)(=O)c2ccc(Cl)cc2)C1. The zero-order chi connectivity index (χ0) is 20.3. The summed E-state index contributed by atoms with van der Waals surface area (Å²) < 4.78 is 32.5. The highest BCUT2D eigenvalue weighted by Crippen LogP contribution is 2.28. The maximum Gasteiger partial charge on any atom is 0.243 e. The maximum absolute atomic E-state index is 12.9. The van der Waals surface area contributed by atoms with Gasteiger partial charge >= 0.3 is 0 Å². The maximum atomic E-state index is 12.9. The van der Waals surface area contributed by atoms with Crippen LogP contribution < -0.4 is 10.1 Å². The van der Waals surface area contributed by atoms with Gasteiger partial charge in [0.05, 0.1) is 23.6 Å². The van der Waals surface area contributed by atoms with Crippen LogP contribution >= 0.6 is 11.6 Å².